The van der Waals surface area contributed by atoms with Crippen LogP contribution < -0.4 is 9.75 Å². The largest absolute Gasteiger partial charge is 0.494 e. The van der Waals surface area contributed by atoms with E-state index in [2.05, 4.69) is 18.0 Å². The molecular weight excluding hydrogens is 262 g/mol. The van der Waals surface area contributed by atoms with Crippen LogP contribution in [0.5, 0.6) is 5.75 Å². The monoisotopic (exact) mass is 281 g/mol. The normalized spacial score (nSPS) is 17.7. The molecule has 1 atom stereocenters. The third-order valence-corrected chi connectivity index (χ3v) is 3.55. The Balaban J connectivity index is 1.82. The van der Waals surface area contributed by atoms with Crippen molar-refractivity contribution in [3.8, 4) is 5.75 Å². The van der Waals surface area contributed by atoms with Crippen LogP contribution in [0.15, 0.2) is 53.9 Å². The summed E-state index contributed by atoms with van der Waals surface area (Å²) in [4.78, 5) is 4.18. The Hall–Kier alpha value is -2.36. The molecule has 1 unspecified atom stereocenters. The SMILES string of the molecule is CCOc1ccc(N2CC(C)C(c3cccnc3)=N2)cc1. The van der Waals surface area contributed by atoms with Gasteiger partial charge in [-0.05, 0) is 43.3 Å². The predicted molar refractivity (Wildman–Crippen MR) is 84.9 cm³/mol. The molecule has 0 saturated heterocycles. The number of rotatable bonds is 4. The third-order valence-electron chi connectivity index (χ3n) is 3.55. The van der Waals surface area contributed by atoms with Crippen LogP contribution in [-0.4, -0.2) is 23.8 Å². The zero-order chi connectivity index (χ0) is 14.7. The summed E-state index contributed by atoms with van der Waals surface area (Å²) in [6.07, 6.45) is 3.66. The Morgan fingerprint density at radius 1 is 1.24 bits per heavy atom. The second-order valence-electron chi connectivity index (χ2n) is 5.14. The van der Waals surface area contributed by atoms with Crippen molar-refractivity contribution in [2.75, 3.05) is 18.2 Å². The van der Waals surface area contributed by atoms with E-state index in [9.17, 15) is 0 Å². The summed E-state index contributed by atoms with van der Waals surface area (Å²) in [6.45, 7) is 5.75. The van der Waals surface area contributed by atoms with E-state index >= 15 is 0 Å². The summed E-state index contributed by atoms with van der Waals surface area (Å²) in [7, 11) is 0. The summed E-state index contributed by atoms with van der Waals surface area (Å²) in [5, 5.41) is 6.80. The van der Waals surface area contributed by atoms with E-state index in [1.807, 2.05) is 48.5 Å². The minimum atomic E-state index is 0.390. The fourth-order valence-corrected chi connectivity index (χ4v) is 2.52. The maximum absolute atomic E-state index is 5.47. The van der Waals surface area contributed by atoms with Gasteiger partial charge in [-0.1, -0.05) is 6.92 Å². The first-order valence-electron chi connectivity index (χ1n) is 7.27. The minimum absolute atomic E-state index is 0.390. The molecule has 2 heterocycles. The molecule has 0 aliphatic carbocycles. The average molecular weight is 281 g/mol. The van der Waals surface area contributed by atoms with E-state index in [0.717, 1.165) is 29.3 Å². The zero-order valence-corrected chi connectivity index (χ0v) is 12.4. The predicted octanol–water partition coefficient (Wildman–Crippen LogP) is 3.34. The molecule has 3 rings (SSSR count). The molecule has 0 spiro atoms. The first kappa shape index (κ1) is 13.6. The fourth-order valence-electron chi connectivity index (χ4n) is 2.52. The molecule has 0 bridgehead atoms. The van der Waals surface area contributed by atoms with Crippen LogP contribution in [-0.2, 0) is 0 Å². The average Bonchev–Trinajstić information content (AvgIpc) is 2.91. The first-order chi connectivity index (χ1) is 10.3. The zero-order valence-electron chi connectivity index (χ0n) is 12.4. The molecule has 1 aromatic heterocycles. The topological polar surface area (TPSA) is 37.7 Å². The van der Waals surface area contributed by atoms with Crippen LogP contribution in [0.3, 0.4) is 0 Å². The molecule has 0 fully saturated rings. The summed E-state index contributed by atoms with van der Waals surface area (Å²) >= 11 is 0. The van der Waals surface area contributed by atoms with E-state index < -0.39 is 0 Å². The van der Waals surface area contributed by atoms with Crippen LogP contribution in [0, 0.1) is 5.92 Å². The molecule has 0 N–H and O–H groups in total. The summed E-state index contributed by atoms with van der Waals surface area (Å²) < 4.78 is 5.47. The van der Waals surface area contributed by atoms with E-state index in [4.69, 9.17) is 9.84 Å². The lowest BCUT2D eigenvalue weighted by Gasteiger charge is -2.15. The maximum atomic E-state index is 5.47. The van der Waals surface area contributed by atoms with Crippen molar-refractivity contribution in [1.82, 2.24) is 4.98 Å². The molecule has 0 saturated carbocycles. The Bertz CT molecular complexity index is 622. The molecule has 1 aliphatic rings. The molecule has 108 valence electrons. The van der Waals surface area contributed by atoms with Crippen LogP contribution in [0.25, 0.3) is 0 Å². The standard InChI is InChI=1S/C17H19N3O/c1-3-21-16-8-6-15(7-9-16)20-12-13(2)17(19-20)14-5-4-10-18-11-14/h4-11,13H,3,12H2,1-2H3. The Morgan fingerprint density at radius 2 is 2.05 bits per heavy atom. The van der Waals surface area contributed by atoms with Crippen molar-refractivity contribution in [3.63, 3.8) is 0 Å². The van der Waals surface area contributed by atoms with E-state index in [1.54, 1.807) is 6.20 Å². The number of hydrogen-bond acceptors (Lipinski definition) is 4. The van der Waals surface area contributed by atoms with E-state index in [0.29, 0.717) is 12.5 Å². The van der Waals surface area contributed by atoms with Gasteiger partial charge in [0.05, 0.1) is 18.0 Å². The number of pyridine rings is 1. The second-order valence-corrected chi connectivity index (χ2v) is 5.14. The van der Waals surface area contributed by atoms with Gasteiger partial charge in [-0.25, -0.2) is 0 Å². The number of hydrazone groups is 1. The Kier molecular flexibility index (Phi) is 3.86. The van der Waals surface area contributed by atoms with Gasteiger partial charge in [0.25, 0.3) is 0 Å². The van der Waals surface area contributed by atoms with Gasteiger partial charge >= 0.3 is 0 Å². The number of anilines is 1. The summed E-state index contributed by atoms with van der Waals surface area (Å²) in [5.41, 5.74) is 3.28. The van der Waals surface area contributed by atoms with Crippen molar-refractivity contribution in [2.24, 2.45) is 11.0 Å². The van der Waals surface area contributed by atoms with Crippen molar-refractivity contribution >= 4 is 11.4 Å². The molecule has 21 heavy (non-hydrogen) atoms. The maximum Gasteiger partial charge on any atom is 0.119 e. The number of benzene rings is 1. The van der Waals surface area contributed by atoms with E-state index in [-0.39, 0.29) is 0 Å². The van der Waals surface area contributed by atoms with Crippen molar-refractivity contribution in [2.45, 2.75) is 13.8 Å². The molecule has 4 heteroatoms. The first-order valence-corrected chi connectivity index (χ1v) is 7.27. The van der Waals surface area contributed by atoms with Gasteiger partial charge in [0.15, 0.2) is 0 Å². The van der Waals surface area contributed by atoms with Gasteiger partial charge in [0, 0.05) is 30.4 Å². The van der Waals surface area contributed by atoms with Crippen molar-refractivity contribution in [1.29, 1.82) is 0 Å². The quantitative estimate of drug-likeness (QED) is 0.862. The second kappa shape index (κ2) is 5.95. The highest BCUT2D eigenvalue weighted by molar-refractivity contribution is 6.04. The van der Waals surface area contributed by atoms with Gasteiger partial charge in [0.1, 0.15) is 5.75 Å². The molecule has 1 aromatic carbocycles. The van der Waals surface area contributed by atoms with Crippen molar-refractivity contribution in [3.05, 3.63) is 54.4 Å². The fraction of sp³-hybridized carbons (Fsp3) is 0.294. The van der Waals surface area contributed by atoms with Crippen LogP contribution in [0.2, 0.25) is 0 Å². The van der Waals surface area contributed by atoms with Gasteiger partial charge in [0.2, 0.25) is 0 Å². The number of hydrogen-bond donors (Lipinski definition) is 0. The lowest BCUT2D eigenvalue weighted by Crippen LogP contribution is -2.17. The van der Waals surface area contributed by atoms with Gasteiger partial charge < -0.3 is 4.74 Å². The number of ether oxygens (including phenoxy) is 1. The molecule has 0 radical (unpaired) electrons. The Morgan fingerprint density at radius 3 is 2.71 bits per heavy atom. The highest BCUT2D eigenvalue weighted by Gasteiger charge is 2.24. The molecular formula is C17H19N3O. The summed E-state index contributed by atoms with van der Waals surface area (Å²) in [6, 6.07) is 12.1. The molecule has 1 aliphatic heterocycles. The van der Waals surface area contributed by atoms with Gasteiger partial charge in [-0.15, -0.1) is 0 Å². The highest BCUT2D eigenvalue weighted by Crippen LogP contribution is 2.26. The smallest absolute Gasteiger partial charge is 0.119 e. The lowest BCUT2D eigenvalue weighted by atomic mass is 10.0. The van der Waals surface area contributed by atoms with Crippen LogP contribution in [0.1, 0.15) is 19.4 Å². The van der Waals surface area contributed by atoms with Crippen LogP contribution >= 0.6 is 0 Å². The lowest BCUT2D eigenvalue weighted by molar-refractivity contribution is 0.340. The minimum Gasteiger partial charge on any atom is -0.494 e. The van der Waals surface area contributed by atoms with Gasteiger partial charge in [-0.3, -0.25) is 9.99 Å². The number of aromatic nitrogens is 1. The van der Waals surface area contributed by atoms with E-state index in [1.165, 1.54) is 0 Å². The summed E-state index contributed by atoms with van der Waals surface area (Å²) in [5.74, 6) is 1.28. The van der Waals surface area contributed by atoms with Crippen LogP contribution in [0.4, 0.5) is 5.69 Å². The third kappa shape index (κ3) is 2.89. The van der Waals surface area contributed by atoms with Gasteiger partial charge in [-0.2, -0.15) is 5.10 Å². The Labute approximate surface area is 125 Å². The van der Waals surface area contributed by atoms with Crippen molar-refractivity contribution < 1.29 is 4.74 Å². The molecule has 4 nitrogen and oxygen atoms in total. The highest BCUT2D eigenvalue weighted by atomic mass is 16.5. The number of nitrogens with zero attached hydrogens (tertiary/aromatic N) is 3. The molecule has 2 aromatic rings. The molecule has 0 amide bonds.